The van der Waals surface area contributed by atoms with Gasteiger partial charge < -0.3 is 5.32 Å². The van der Waals surface area contributed by atoms with Crippen LogP contribution in [0.1, 0.15) is 18.4 Å². The van der Waals surface area contributed by atoms with Crippen LogP contribution in [0.5, 0.6) is 0 Å². The average molecular weight is 289 g/mol. The van der Waals surface area contributed by atoms with Gasteiger partial charge in [-0.25, -0.2) is 8.42 Å². The summed E-state index contributed by atoms with van der Waals surface area (Å²) in [7, 11) is -2.83. The van der Waals surface area contributed by atoms with Crippen molar-refractivity contribution < 1.29 is 8.42 Å². The molecule has 3 nitrogen and oxygen atoms in total. The zero-order valence-electron chi connectivity index (χ0n) is 11.4. The summed E-state index contributed by atoms with van der Waals surface area (Å²) >= 11 is 0. The predicted octanol–water partition coefficient (Wildman–Crippen LogP) is 2.51. The maximum absolute atomic E-state index is 11.6. The van der Waals surface area contributed by atoms with E-state index in [9.17, 15) is 8.42 Å². The summed E-state index contributed by atoms with van der Waals surface area (Å²) in [5.41, 5.74) is 1.20. The molecule has 1 saturated heterocycles. The van der Waals surface area contributed by atoms with Gasteiger partial charge in [-0.3, -0.25) is 0 Å². The van der Waals surface area contributed by atoms with Crippen LogP contribution in [0.4, 0.5) is 0 Å². The molecule has 1 unspecified atom stereocenters. The molecule has 106 valence electrons. The molecule has 1 heterocycles. The third-order valence-electron chi connectivity index (χ3n) is 3.87. The smallest absolute Gasteiger partial charge is 0.151 e. The van der Waals surface area contributed by atoms with Gasteiger partial charge in [0.25, 0.3) is 0 Å². The first-order valence-electron chi connectivity index (χ1n) is 7.04. The molecule has 1 N–H and O–H groups in total. The molecule has 4 heteroatoms. The molecule has 1 aliphatic heterocycles. The Kier molecular flexibility index (Phi) is 3.76. The summed E-state index contributed by atoms with van der Waals surface area (Å²) in [4.78, 5) is 0. The average Bonchev–Trinajstić information content (AvgIpc) is 2.44. The minimum absolute atomic E-state index is 0.0974. The maximum Gasteiger partial charge on any atom is 0.151 e. The van der Waals surface area contributed by atoms with E-state index in [2.05, 4.69) is 35.6 Å². The first kappa shape index (κ1) is 13.6. The van der Waals surface area contributed by atoms with Gasteiger partial charge in [-0.1, -0.05) is 36.4 Å². The first-order chi connectivity index (χ1) is 9.62. The minimum atomic E-state index is -2.83. The molecule has 0 radical (unpaired) electrons. The van der Waals surface area contributed by atoms with Crippen LogP contribution >= 0.6 is 0 Å². The summed E-state index contributed by atoms with van der Waals surface area (Å²) in [5.74, 6) is 0.627. The second-order valence-electron chi connectivity index (χ2n) is 5.52. The number of hydrogen-bond donors (Lipinski definition) is 1. The van der Waals surface area contributed by atoms with Crippen LogP contribution in [0.3, 0.4) is 0 Å². The quantitative estimate of drug-likeness (QED) is 0.944. The van der Waals surface area contributed by atoms with Crippen molar-refractivity contribution in [1.29, 1.82) is 0 Å². The minimum Gasteiger partial charge on any atom is -0.309 e. The normalized spacial score (nSPS) is 21.9. The highest BCUT2D eigenvalue weighted by atomic mass is 32.2. The highest BCUT2D eigenvalue weighted by Gasteiger charge is 2.23. The number of rotatable bonds is 3. The van der Waals surface area contributed by atoms with Crippen molar-refractivity contribution in [2.24, 2.45) is 0 Å². The molecule has 1 aliphatic rings. The lowest BCUT2D eigenvalue weighted by Gasteiger charge is -2.23. The SMILES string of the molecule is O=S1(=O)CCCC(NCc2ccc3ccccc3c2)C1. The molecule has 2 aromatic rings. The first-order valence-corrected chi connectivity index (χ1v) is 8.86. The van der Waals surface area contributed by atoms with Gasteiger partial charge >= 0.3 is 0 Å². The van der Waals surface area contributed by atoms with Crippen LogP contribution in [0, 0.1) is 0 Å². The molecule has 0 amide bonds. The van der Waals surface area contributed by atoms with E-state index in [0.717, 1.165) is 19.4 Å². The summed E-state index contributed by atoms with van der Waals surface area (Å²) in [5, 5.41) is 5.84. The van der Waals surface area contributed by atoms with E-state index in [-0.39, 0.29) is 11.8 Å². The molecule has 0 bridgehead atoms. The van der Waals surface area contributed by atoms with Crippen LogP contribution in [0.2, 0.25) is 0 Å². The lowest BCUT2D eigenvalue weighted by atomic mass is 10.1. The Balaban J connectivity index is 1.67. The number of fused-ring (bicyclic) bond motifs is 1. The van der Waals surface area contributed by atoms with Crippen LogP contribution in [-0.4, -0.2) is 26.0 Å². The lowest BCUT2D eigenvalue weighted by molar-refractivity contribution is 0.480. The topological polar surface area (TPSA) is 46.2 Å². The lowest BCUT2D eigenvalue weighted by Crippen LogP contribution is -2.39. The number of nitrogens with one attached hydrogen (secondary N) is 1. The molecular formula is C16H19NO2S. The van der Waals surface area contributed by atoms with E-state index in [1.165, 1.54) is 16.3 Å². The number of sulfone groups is 1. The zero-order valence-corrected chi connectivity index (χ0v) is 12.2. The van der Waals surface area contributed by atoms with Crippen molar-refractivity contribution in [2.45, 2.75) is 25.4 Å². The fraction of sp³-hybridized carbons (Fsp3) is 0.375. The predicted molar refractivity (Wildman–Crippen MR) is 82.5 cm³/mol. The molecular weight excluding hydrogens is 270 g/mol. The highest BCUT2D eigenvalue weighted by Crippen LogP contribution is 2.17. The van der Waals surface area contributed by atoms with Gasteiger partial charge in [0.05, 0.1) is 11.5 Å². The summed E-state index contributed by atoms with van der Waals surface area (Å²) in [6.45, 7) is 0.727. The molecule has 1 atom stereocenters. The molecule has 0 aliphatic carbocycles. The summed E-state index contributed by atoms with van der Waals surface area (Å²) in [6.07, 6.45) is 1.73. The van der Waals surface area contributed by atoms with Crippen molar-refractivity contribution in [3.05, 3.63) is 48.0 Å². The summed E-state index contributed by atoms with van der Waals surface area (Å²) < 4.78 is 23.2. The van der Waals surface area contributed by atoms with E-state index in [0.29, 0.717) is 5.75 Å². The molecule has 2 aromatic carbocycles. The van der Waals surface area contributed by atoms with Crippen molar-refractivity contribution in [1.82, 2.24) is 5.32 Å². The zero-order chi connectivity index (χ0) is 14.0. The Morgan fingerprint density at radius 1 is 1.10 bits per heavy atom. The van der Waals surface area contributed by atoms with Gasteiger partial charge in [0.1, 0.15) is 0 Å². The monoisotopic (exact) mass is 289 g/mol. The fourth-order valence-electron chi connectivity index (χ4n) is 2.79. The van der Waals surface area contributed by atoms with Crippen LogP contribution < -0.4 is 5.32 Å². The molecule has 3 rings (SSSR count). The van der Waals surface area contributed by atoms with Crippen molar-refractivity contribution >= 4 is 20.6 Å². The third kappa shape index (κ3) is 3.19. The van der Waals surface area contributed by atoms with Gasteiger partial charge in [-0.2, -0.15) is 0 Å². The Bertz CT molecular complexity index is 709. The van der Waals surface area contributed by atoms with Gasteiger partial charge in [-0.15, -0.1) is 0 Å². The molecule has 1 fully saturated rings. The van der Waals surface area contributed by atoms with E-state index >= 15 is 0 Å². The Morgan fingerprint density at radius 2 is 1.90 bits per heavy atom. The molecule has 0 spiro atoms. The largest absolute Gasteiger partial charge is 0.309 e. The Morgan fingerprint density at radius 3 is 2.70 bits per heavy atom. The van der Waals surface area contributed by atoms with Crippen LogP contribution in [0.15, 0.2) is 42.5 Å². The third-order valence-corrected chi connectivity index (χ3v) is 5.69. The van der Waals surface area contributed by atoms with Gasteiger partial charge in [0.2, 0.25) is 0 Å². The van der Waals surface area contributed by atoms with Gasteiger partial charge in [-0.05, 0) is 35.2 Å². The van der Waals surface area contributed by atoms with E-state index in [1.807, 2.05) is 12.1 Å². The van der Waals surface area contributed by atoms with Gasteiger partial charge in [0, 0.05) is 12.6 Å². The second-order valence-corrected chi connectivity index (χ2v) is 7.74. The highest BCUT2D eigenvalue weighted by molar-refractivity contribution is 7.91. The van der Waals surface area contributed by atoms with Gasteiger partial charge in [0.15, 0.2) is 9.84 Å². The molecule has 0 aromatic heterocycles. The van der Waals surface area contributed by atoms with E-state index in [4.69, 9.17) is 0 Å². The van der Waals surface area contributed by atoms with E-state index in [1.54, 1.807) is 0 Å². The van der Waals surface area contributed by atoms with Crippen LogP contribution in [0.25, 0.3) is 10.8 Å². The fourth-order valence-corrected chi connectivity index (χ4v) is 4.47. The number of hydrogen-bond acceptors (Lipinski definition) is 3. The standard InChI is InChI=1S/C16H19NO2S/c18-20(19)9-3-6-16(12-20)17-11-13-7-8-14-4-1-2-5-15(14)10-13/h1-2,4-5,7-8,10,16-17H,3,6,9,11-12H2. The second kappa shape index (κ2) is 5.54. The molecule has 20 heavy (non-hydrogen) atoms. The van der Waals surface area contributed by atoms with Crippen molar-refractivity contribution in [2.75, 3.05) is 11.5 Å². The maximum atomic E-state index is 11.6. The number of benzene rings is 2. The Hall–Kier alpha value is -1.39. The van der Waals surface area contributed by atoms with E-state index < -0.39 is 9.84 Å². The summed E-state index contributed by atoms with van der Waals surface area (Å²) in [6, 6.07) is 14.8. The van der Waals surface area contributed by atoms with Crippen molar-refractivity contribution in [3.8, 4) is 0 Å². The van der Waals surface area contributed by atoms with Crippen molar-refractivity contribution in [3.63, 3.8) is 0 Å². The molecule has 0 saturated carbocycles. The van der Waals surface area contributed by atoms with Crippen LogP contribution in [-0.2, 0) is 16.4 Å². The Labute approximate surface area is 119 Å².